The van der Waals surface area contributed by atoms with E-state index in [1.54, 1.807) is 18.2 Å². The Morgan fingerprint density at radius 1 is 1.00 bits per heavy atom. The van der Waals surface area contributed by atoms with Gasteiger partial charge in [0.2, 0.25) is 5.91 Å². The molecule has 0 spiro atoms. The summed E-state index contributed by atoms with van der Waals surface area (Å²) in [6, 6.07) is 13.3. The minimum Gasteiger partial charge on any atom is -0.368 e. The van der Waals surface area contributed by atoms with Crippen LogP contribution in [0.25, 0.3) is 0 Å². The fourth-order valence-electron chi connectivity index (χ4n) is 5.85. The van der Waals surface area contributed by atoms with E-state index < -0.39 is 10.0 Å². The molecule has 0 radical (unpaired) electrons. The van der Waals surface area contributed by atoms with Crippen molar-refractivity contribution in [2.75, 3.05) is 36.4 Å². The largest absolute Gasteiger partial charge is 0.368 e. The van der Waals surface area contributed by atoms with Crippen LogP contribution in [0.3, 0.4) is 0 Å². The number of hydrogen-bond donors (Lipinski definition) is 1. The zero-order valence-corrected chi connectivity index (χ0v) is 21.4. The van der Waals surface area contributed by atoms with Crippen LogP contribution in [-0.4, -0.2) is 51.2 Å². The maximum Gasteiger partial charge on any atom is 0.286 e. The van der Waals surface area contributed by atoms with Crippen LogP contribution in [0.4, 0.5) is 11.4 Å². The summed E-state index contributed by atoms with van der Waals surface area (Å²) in [7, 11) is -3.72. The third-order valence-electron chi connectivity index (χ3n) is 7.96. The molecule has 2 fully saturated rings. The molecule has 2 aromatic rings. The van der Waals surface area contributed by atoms with E-state index in [4.69, 9.17) is 0 Å². The van der Waals surface area contributed by atoms with Gasteiger partial charge in [-0.15, -0.1) is 4.40 Å². The first kappa shape index (κ1) is 23.9. The molecule has 5 rings (SSSR count). The lowest BCUT2D eigenvalue weighted by atomic mass is 9.78. The predicted molar refractivity (Wildman–Crippen MR) is 140 cm³/mol. The molecule has 3 aliphatic rings. The van der Waals surface area contributed by atoms with Gasteiger partial charge >= 0.3 is 0 Å². The normalized spacial score (nSPS) is 20.7. The molecule has 2 aliphatic heterocycles. The smallest absolute Gasteiger partial charge is 0.286 e. The Bertz CT molecular complexity index is 1260. The summed E-state index contributed by atoms with van der Waals surface area (Å²) >= 11 is 0. The van der Waals surface area contributed by atoms with E-state index in [2.05, 4.69) is 46.7 Å². The number of piperazine rings is 1. The molecule has 1 saturated carbocycles. The lowest BCUT2D eigenvalue weighted by molar-refractivity contribution is -0.133. The fraction of sp³-hybridized carbons (Fsp3) is 0.481. The first-order valence-electron chi connectivity index (χ1n) is 12.6. The average Bonchev–Trinajstić information content (AvgIpc) is 3.28. The van der Waals surface area contributed by atoms with Crippen LogP contribution in [0.1, 0.15) is 49.7 Å². The number of sulfonamides is 1. The maximum absolute atomic E-state index is 13.4. The SMILES string of the molecule is Cc1cccc(N2CCN(C(=O)CC3(CC4=NS(=O)(=O)c5ccccc5N4)CCCC3)CC2)c1C. The van der Waals surface area contributed by atoms with Crippen LogP contribution in [0, 0.1) is 19.3 Å². The summed E-state index contributed by atoms with van der Waals surface area (Å²) in [5.41, 5.74) is 4.17. The summed E-state index contributed by atoms with van der Waals surface area (Å²) in [5.74, 6) is 0.630. The summed E-state index contributed by atoms with van der Waals surface area (Å²) < 4.78 is 29.5. The molecule has 2 aromatic carbocycles. The maximum atomic E-state index is 13.4. The molecule has 0 unspecified atom stereocenters. The third kappa shape index (κ3) is 4.81. The molecule has 1 N–H and O–H groups in total. The van der Waals surface area contributed by atoms with Crippen molar-refractivity contribution in [1.82, 2.24) is 4.90 Å². The van der Waals surface area contributed by atoms with Gasteiger partial charge in [-0.2, -0.15) is 8.42 Å². The highest BCUT2D eigenvalue weighted by Gasteiger charge is 2.40. The Hall–Kier alpha value is -2.87. The minimum atomic E-state index is -3.72. The number of aryl methyl sites for hydroxylation is 1. The second-order valence-electron chi connectivity index (χ2n) is 10.3. The number of amides is 1. The van der Waals surface area contributed by atoms with Crippen molar-refractivity contribution < 1.29 is 13.2 Å². The van der Waals surface area contributed by atoms with Crippen LogP contribution in [0.2, 0.25) is 0 Å². The van der Waals surface area contributed by atoms with Crippen molar-refractivity contribution in [1.29, 1.82) is 0 Å². The molecule has 35 heavy (non-hydrogen) atoms. The van der Waals surface area contributed by atoms with E-state index in [1.165, 1.54) is 16.8 Å². The fourth-order valence-corrected chi connectivity index (χ4v) is 6.99. The van der Waals surface area contributed by atoms with Gasteiger partial charge in [-0.3, -0.25) is 4.79 Å². The lowest BCUT2D eigenvalue weighted by Gasteiger charge is -2.39. The molecule has 186 valence electrons. The van der Waals surface area contributed by atoms with Gasteiger partial charge in [0.05, 0.1) is 5.69 Å². The Labute approximate surface area is 208 Å². The van der Waals surface area contributed by atoms with Crippen LogP contribution >= 0.6 is 0 Å². The van der Waals surface area contributed by atoms with Crippen LogP contribution < -0.4 is 10.2 Å². The van der Waals surface area contributed by atoms with Crippen molar-refractivity contribution >= 4 is 33.1 Å². The van der Waals surface area contributed by atoms with Gasteiger partial charge in [0.1, 0.15) is 10.7 Å². The molecule has 1 aliphatic carbocycles. The number of nitrogens with zero attached hydrogens (tertiary/aromatic N) is 3. The first-order valence-corrected chi connectivity index (χ1v) is 14.0. The highest BCUT2D eigenvalue weighted by Crippen LogP contribution is 2.45. The van der Waals surface area contributed by atoms with Crippen molar-refractivity contribution in [3.05, 3.63) is 53.6 Å². The van der Waals surface area contributed by atoms with Gasteiger partial charge < -0.3 is 15.1 Å². The number of anilines is 2. The molecule has 1 amide bonds. The zero-order valence-electron chi connectivity index (χ0n) is 20.6. The second-order valence-corrected chi connectivity index (χ2v) is 11.9. The number of hydrogen-bond acceptors (Lipinski definition) is 5. The summed E-state index contributed by atoms with van der Waals surface area (Å²) in [4.78, 5) is 18.0. The number of fused-ring (bicyclic) bond motifs is 1. The van der Waals surface area contributed by atoms with E-state index >= 15 is 0 Å². The molecule has 0 bridgehead atoms. The molecule has 7 nitrogen and oxygen atoms in total. The second kappa shape index (κ2) is 9.30. The van der Waals surface area contributed by atoms with Gasteiger partial charge in [-0.25, -0.2) is 0 Å². The van der Waals surface area contributed by atoms with Crippen LogP contribution in [-0.2, 0) is 14.8 Å². The minimum absolute atomic E-state index is 0.173. The van der Waals surface area contributed by atoms with E-state index in [0.717, 1.165) is 38.8 Å². The Balaban J connectivity index is 1.26. The molecule has 1 saturated heterocycles. The molecule has 0 aromatic heterocycles. The van der Waals surface area contributed by atoms with Crippen molar-refractivity contribution in [2.24, 2.45) is 9.81 Å². The quantitative estimate of drug-likeness (QED) is 0.662. The number of para-hydroxylation sites is 1. The number of benzene rings is 2. The lowest BCUT2D eigenvalue weighted by Crippen LogP contribution is -2.50. The van der Waals surface area contributed by atoms with Gasteiger partial charge in [-0.1, -0.05) is 37.1 Å². The summed E-state index contributed by atoms with van der Waals surface area (Å²) in [5, 5.41) is 3.23. The van der Waals surface area contributed by atoms with E-state index in [1.807, 2.05) is 11.0 Å². The third-order valence-corrected chi connectivity index (χ3v) is 9.33. The topological polar surface area (TPSA) is 82.1 Å². The van der Waals surface area contributed by atoms with Gasteiger partial charge in [-0.05, 0) is 61.4 Å². The van der Waals surface area contributed by atoms with E-state index in [-0.39, 0.29) is 16.2 Å². The van der Waals surface area contributed by atoms with Gasteiger partial charge in [0.15, 0.2) is 0 Å². The zero-order chi connectivity index (χ0) is 24.6. The van der Waals surface area contributed by atoms with Crippen molar-refractivity contribution in [2.45, 2.75) is 57.3 Å². The highest BCUT2D eigenvalue weighted by molar-refractivity contribution is 7.90. The van der Waals surface area contributed by atoms with Crippen LogP contribution in [0.5, 0.6) is 0 Å². The molecular weight excluding hydrogens is 460 g/mol. The summed E-state index contributed by atoms with van der Waals surface area (Å²) in [6.07, 6.45) is 4.88. The molecular formula is C27H34N4O3S. The Morgan fingerprint density at radius 3 is 2.46 bits per heavy atom. The molecule has 8 heteroatoms. The molecule has 2 heterocycles. The number of rotatable bonds is 5. The van der Waals surface area contributed by atoms with Crippen molar-refractivity contribution in [3.8, 4) is 0 Å². The highest BCUT2D eigenvalue weighted by atomic mass is 32.2. The van der Waals surface area contributed by atoms with E-state index in [9.17, 15) is 13.2 Å². The van der Waals surface area contributed by atoms with Crippen LogP contribution in [0.15, 0.2) is 51.8 Å². The van der Waals surface area contributed by atoms with Gasteiger partial charge in [0.25, 0.3) is 10.0 Å². The Kier molecular flexibility index (Phi) is 6.34. The predicted octanol–water partition coefficient (Wildman–Crippen LogP) is 4.51. The number of nitrogens with one attached hydrogen (secondary N) is 1. The number of amidine groups is 1. The standard InChI is InChI=1S/C27H34N4O3S/c1-20-8-7-10-23(21(20)2)30-14-16-31(17-15-30)26(32)19-27(12-5-6-13-27)18-25-28-22-9-3-4-11-24(22)35(33,34)29-25/h3-4,7-11H,5-6,12-19H2,1-2H3,(H,28,29). The first-order chi connectivity index (χ1) is 16.8. The Morgan fingerprint density at radius 2 is 1.71 bits per heavy atom. The average molecular weight is 495 g/mol. The number of carbonyl (C=O) groups is 1. The van der Waals surface area contributed by atoms with Gasteiger partial charge in [0, 0.05) is 44.7 Å². The monoisotopic (exact) mass is 494 g/mol. The number of carbonyl (C=O) groups excluding carboxylic acids is 1. The van der Waals surface area contributed by atoms with Crippen molar-refractivity contribution in [3.63, 3.8) is 0 Å². The van der Waals surface area contributed by atoms with E-state index in [0.29, 0.717) is 37.5 Å². The molecule has 0 atom stereocenters. The summed E-state index contributed by atoms with van der Waals surface area (Å²) in [6.45, 7) is 7.37.